The van der Waals surface area contributed by atoms with Crippen LogP contribution in [0, 0.1) is 5.92 Å². The average molecular weight is 214 g/mol. The van der Waals surface area contributed by atoms with Crippen molar-refractivity contribution in [2.24, 2.45) is 5.92 Å². The molecular weight excluding hydrogens is 192 g/mol. The number of hydrogen-bond acceptors (Lipinski definition) is 3. The molecule has 0 aliphatic carbocycles. The van der Waals surface area contributed by atoms with Crippen LogP contribution < -0.4 is 5.32 Å². The van der Waals surface area contributed by atoms with E-state index < -0.39 is 0 Å². The molecular formula is C11H22N2S. The van der Waals surface area contributed by atoms with Gasteiger partial charge in [0.2, 0.25) is 0 Å². The van der Waals surface area contributed by atoms with E-state index in [1.807, 2.05) is 0 Å². The van der Waals surface area contributed by atoms with Gasteiger partial charge in [-0.25, -0.2) is 0 Å². The second kappa shape index (κ2) is 4.86. The van der Waals surface area contributed by atoms with Crippen LogP contribution in [0.1, 0.15) is 20.3 Å². The van der Waals surface area contributed by atoms with Crippen molar-refractivity contribution < 1.29 is 0 Å². The van der Waals surface area contributed by atoms with E-state index in [2.05, 4.69) is 35.8 Å². The van der Waals surface area contributed by atoms with Gasteiger partial charge in [0.05, 0.1) is 0 Å². The number of rotatable bonds is 2. The lowest BCUT2D eigenvalue weighted by Crippen LogP contribution is -2.41. The maximum absolute atomic E-state index is 3.49. The van der Waals surface area contributed by atoms with Gasteiger partial charge in [0, 0.05) is 43.2 Å². The zero-order valence-electron chi connectivity index (χ0n) is 9.33. The van der Waals surface area contributed by atoms with Crippen LogP contribution in [0.5, 0.6) is 0 Å². The van der Waals surface area contributed by atoms with Gasteiger partial charge in [0.15, 0.2) is 0 Å². The maximum Gasteiger partial charge on any atom is 0.0300 e. The summed E-state index contributed by atoms with van der Waals surface area (Å²) < 4.78 is 0. The normalized spacial score (nSPS) is 40.3. The molecule has 0 bridgehead atoms. The molecule has 0 aromatic rings. The van der Waals surface area contributed by atoms with Crippen molar-refractivity contribution in [3.63, 3.8) is 0 Å². The minimum Gasteiger partial charge on any atom is -0.315 e. The third-order valence-corrected chi connectivity index (χ3v) is 4.58. The first-order valence-electron chi connectivity index (χ1n) is 5.82. The molecule has 2 heterocycles. The average Bonchev–Trinajstić information content (AvgIpc) is 2.47. The summed E-state index contributed by atoms with van der Waals surface area (Å²) in [5.41, 5.74) is 0. The minimum atomic E-state index is 0.813. The number of nitrogens with zero attached hydrogens (tertiary/aromatic N) is 1. The second-order valence-corrected chi connectivity index (χ2v) is 6.25. The summed E-state index contributed by atoms with van der Waals surface area (Å²) in [6.45, 7) is 9.78. The highest BCUT2D eigenvalue weighted by molar-refractivity contribution is 8.00. The SMILES string of the molecule is CC1CC(C)N(CC2CNCCS2)C1. The fourth-order valence-corrected chi connectivity index (χ4v) is 3.77. The topological polar surface area (TPSA) is 15.3 Å². The fourth-order valence-electron chi connectivity index (χ4n) is 2.64. The van der Waals surface area contributed by atoms with Crippen LogP contribution in [-0.4, -0.2) is 48.1 Å². The van der Waals surface area contributed by atoms with Gasteiger partial charge >= 0.3 is 0 Å². The third-order valence-electron chi connectivity index (χ3n) is 3.36. The Hall–Kier alpha value is 0.270. The zero-order valence-corrected chi connectivity index (χ0v) is 10.1. The van der Waals surface area contributed by atoms with Gasteiger partial charge < -0.3 is 5.32 Å². The summed E-state index contributed by atoms with van der Waals surface area (Å²) in [6.07, 6.45) is 1.39. The van der Waals surface area contributed by atoms with Crippen molar-refractivity contribution in [3.8, 4) is 0 Å². The first kappa shape index (κ1) is 10.8. The summed E-state index contributed by atoms with van der Waals surface area (Å²) in [5, 5.41) is 4.32. The van der Waals surface area contributed by atoms with Gasteiger partial charge in [0.1, 0.15) is 0 Å². The molecule has 2 aliphatic heterocycles. The maximum atomic E-state index is 3.49. The van der Waals surface area contributed by atoms with Crippen LogP contribution in [0.25, 0.3) is 0 Å². The van der Waals surface area contributed by atoms with E-state index in [0.29, 0.717) is 0 Å². The van der Waals surface area contributed by atoms with Crippen molar-refractivity contribution in [2.45, 2.75) is 31.6 Å². The Bertz CT molecular complexity index is 180. The Balaban J connectivity index is 1.78. The molecule has 82 valence electrons. The highest BCUT2D eigenvalue weighted by Gasteiger charge is 2.28. The Kier molecular flexibility index (Phi) is 3.74. The predicted molar refractivity (Wildman–Crippen MR) is 63.9 cm³/mol. The number of thioether (sulfide) groups is 1. The van der Waals surface area contributed by atoms with Crippen LogP contribution in [0.15, 0.2) is 0 Å². The predicted octanol–water partition coefficient (Wildman–Crippen LogP) is 1.42. The molecule has 2 aliphatic rings. The summed E-state index contributed by atoms with van der Waals surface area (Å²) in [4.78, 5) is 2.68. The van der Waals surface area contributed by atoms with Crippen LogP contribution in [0.3, 0.4) is 0 Å². The first-order chi connectivity index (χ1) is 6.75. The van der Waals surface area contributed by atoms with Gasteiger partial charge in [-0.3, -0.25) is 4.90 Å². The molecule has 2 fully saturated rings. The molecule has 2 nitrogen and oxygen atoms in total. The molecule has 2 rings (SSSR count). The van der Waals surface area contributed by atoms with Crippen molar-refractivity contribution in [1.82, 2.24) is 10.2 Å². The lowest BCUT2D eigenvalue weighted by molar-refractivity contribution is 0.263. The second-order valence-electron chi connectivity index (χ2n) is 4.84. The Morgan fingerprint density at radius 2 is 2.29 bits per heavy atom. The quantitative estimate of drug-likeness (QED) is 0.748. The van der Waals surface area contributed by atoms with Crippen LogP contribution in [0.2, 0.25) is 0 Å². The van der Waals surface area contributed by atoms with Crippen molar-refractivity contribution in [2.75, 3.05) is 31.9 Å². The van der Waals surface area contributed by atoms with Gasteiger partial charge in [-0.15, -0.1) is 0 Å². The molecule has 0 radical (unpaired) electrons. The largest absolute Gasteiger partial charge is 0.315 e. The highest BCUT2D eigenvalue weighted by Crippen LogP contribution is 2.25. The molecule has 2 saturated heterocycles. The van der Waals surface area contributed by atoms with Crippen molar-refractivity contribution in [3.05, 3.63) is 0 Å². The summed E-state index contributed by atoms with van der Waals surface area (Å²) in [7, 11) is 0. The standard InChI is InChI=1S/C11H22N2S/c1-9-5-10(2)13(7-9)8-11-6-12-3-4-14-11/h9-12H,3-8H2,1-2H3. The zero-order chi connectivity index (χ0) is 9.97. The smallest absolute Gasteiger partial charge is 0.0300 e. The highest BCUT2D eigenvalue weighted by atomic mass is 32.2. The molecule has 3 heteroatoms. The molecule has 0 saturated carbocycles. The van der Waals surface area contributed by atoms with Gasteiger partial charge in [-0.1, -0.05) is 6.92 Å². The molecule has 0 aromatic carbocycles. The lowest BCUT2D eigenvalue weighted by atomic mass is 10.1. The lowest BCUT2D eigenvalue weighted by Gasteiger charge is -2.29. The molecule has 1 N–H and O–H groups in total. The van der Waals surface area contributed by atoms with Crippen LogP contribution in [-0.2, 0) is 0 Å². The molecule has 14 heavy (non-hydrogen) atoms. The number of hydrogen-bond donors (Lipinski definition) is 1. The van der Waals surface area contributed by atoms with Crippen LogP contribution in [0.4, 0.5) is 0 Å². The Morgan fingerprint density at radius 1 is 1.43 bits per heavy atom. The van der Waals surface area contributed by atoms with E-state index >= 15 is 0 Å². The molecule has 0 amide bonds. The van der Waals surface area contributed by atoms with E-state index in [0.717, 1.165) is 17.2 Å². The van der Waals surface area contributed by atoms with Gasteiger partial charge in [-0.2, -0.15) is 11.8 Å². The Labute approximate surface area is 91.8 Å². The molecule has 3 unspecified atom stereocenters. The Morgan fingerprint density at radius 3 is 2.86 bits per heavy atom. The van der Waals surface area contributed by atoms with E-state index in [9.17, 15) is 0 Å². The molecule has 0 aromatic heterocycles. The summed E-state index contributed by atoms with van der Waals surface area (Å²) in [6, 6.07) is 0.813. The van der Waals surface area contributed by atoms with Gasteiger partial charge in [-0.05, 0) is 19.3 Å². The fraction of sp³-hybridized carbons (Fsp3) is 1.00. The minimum absolute atomic E-state index is 0.813. The van der Waals surface area contributed by atoms with Crippen LogP contribution >= 0.6 is 11.8 Å². The van der Waals surface area contributed by atoms with E-state index in [1.165, 1.54) is 38.4 Å². The third kappa shape index (κ3) is 2.65. The molecule has 3 atom stereocenters. The first-order valence-corrected chi connectivity index (χ1v) is 6.87. The van der Waals surface area contributed by atoms with Gasteiger partial charge in [0.25, 0.3) is 0 Å². The number of likely N-dealkylation sites (tertiary alicyclic amines) is 1. The van der Waals surface area contributed by atoms with E-state index in [-0.39, 0.29) is 0 Å². The van der Waals surface area contributed by atoms with E-state index in [1.54, 1.807) is 0 Å². The molecule has 0 spiro atoms. The van der Waals surface area contributed by atoms with E-state index in [4.69, 9.17) is 0 Å². The number of nitrogens with one attached hydrogen (secondary N) is 1. The van der Waals surface area contributed by atoms with Crippen molar-refractivity contribution in [1.29, 1.82) is 0 Å². The van der Waals surface area contributed by atoms with Crippen molar-refractivity contribution >= 4 is 11.8 Å². The summed E-state index contributed by atoms with van der Waals surface area (Å²) >= 11 is 2.15. The summed E-state index contributed by atoms with van der Waals surface area (Å²) in [5.74, 6) is 2.20. The monoisotopic (exact) mass is 214 g/mol.